The van der Waals surface area contributed by atoms with Crippen LogP contribution in [0.15, 0.2) is 51.9 Å². The lowest BCUT2D eigenvalue weighted by atomic mass is 10.1. The first-order chi connectivity index (χ1) is 13.7. The molecule has 1 heterocycles. The number of ether oxygens (including phenoxy) is 3. The summed E-state index contributed by atoms with van der Waals surface area (Å²) < 4.78 is 22.5. The minimum Gasteiger partial charge on any atom is -0.494 e. The number of nitrogens with zero attached hydrogens (tertiary/aromatic N) is 1. The first-order valence-electron chi connectivity index (χ1n) is 9.24. The molecule has 1 N–H and O–H groups in total. The standard InChI is InChI=1S/C22H25NO5/c1-4-27-16-7-9-19-17(13-16)18(23-10-5-11-24)14-21(28-19)15-6-8-20(25-2)22(12-15)26-3/h6-9,12-14,24H,4-5,10-11H2,1-3H3. The number of hydrogen-bond acceptors (Lipinski definition) is 6. The van der Waals surface area contributed by atoms with Gasteiger partial charge in [0.25, 0.3) is 0 Å². The van der Waals surface area contributed by atoms with Crippen LogP contribution in [0.4, 0.5) is 0 Å². The lowest BCUT2D eigenvalue weighted by molar-refractivity contribution is 0.291. The molecule has 0 atom stereocenters. The normalized spacial score (nSPS) is 11.6. The third-order valence-electron chi connectivity index (χ3n) is 4.29. The van der Waals surface area contributed by atoms with E-state index in [2.05, 4.69) is 4.99 Å². The van der Waals surface area contributed by atoms with Gasteiger partial charge in [-0.2, -0.15) is 0 Å². The van der Waals surface area contributed by atoms with Crippen LogP contribution in [0.5, 0.6) is 17.2 Å². The number of methoxy groups -OCH3 is 2. The van der Waals surface area contributed by atoms with Gasteiger partial charge in [0.1, 0.15) is 17.1 Å². The van der Waals surface area contributed by atoms with Gasteiger partial charge in [0.05, 0.1) is 26.2 Å². The summed E-state index contributed by atoms with van der Waals surface area (Å²) in [4.78, 5) is 4.66. The summed E-state index contributed by atoms with van der Waals surface area (Å²) in [5.41, 5.74) is 1.56. The minimum absolute atomic E-state index is 0.103. The minimum atomic E-state index is 0.103. The van der Waals surface area contributed by atoms with Gasteiger partial charge < -0.3 is 23.7 Å². The van der Waals surface area contributed by atoms with Crippen LogP contribution in [0, 0.1) is 0 Å². The molecule has 0 saturated carbocycles. The van der Waals surface area contributed by atoms with Crippen LogP contribution in [0.1, 0.15) is 13.3 Å². The molecule has 148 valence electrons. The predicted molar refractivity (Wildman–Crippen MR) is 108 cm³/mol. The van der Waals surface area contributed by atoms with Gasteiger partial charge in [0.2, 0.25) is 0 Å². The number of fused-ring (bicyclic) bond motifs is 1. The molecule has 6 heteroatoms. The van der Waals surface area contributed by atoms with Crippen LogP contribution >= 0.6 is 0 Å². The molecule has 0 unspecified atom stereocenters. The Morgan fingerprint density at radius 3 is 2.54 bits per heavy atom. The fourth-order valence-electron chi connectivity index (χ4n) is 2.94. The monoisotopic (exact) mass is 383 g/mol. The molecule has 0 amide bonds. The second-order valence-corrected chi connectivity index (χ2v) is 6.12. The van der Waals surface area contributed by atoms with E-state index in [0.29, 0.717) is 42.4 Å². The predicted octanol–water partition coefficient (Wildman–Crippen LogP) is 3.80. The summed E-state index contributed by atoms with van der Waals surface area (Å²) in [5.74, 6) is 2.71. The highest BCUT2D eigenvalue weighted by Crippen LogP contribution is 2.33. The first kappa shape index (κ1) is 19.8. The van der Waals surface area contributed by atoms with Crippen LogP contribution in [0.3, 0.4) is 0 Å². The van der Waals surface area contributed by atoms with E-state index in [-0.39, 0.29) is 6.61 Å². The van der Waals surface area contributed by atoms with Crippen molar-refractivity contribution in [3.8, 4) is 28.6 Å². The van der Waals surface area contributed by atoms with Gasteiger partial charge in [-0.15, -0.1) is 0 Å². The molecule has 28 heavy (non-hydrogen) atoms. The average Bonchev–Trinajstić information content (AvgIpc) is 2.73. The van der Waals surface area contributed by atoms with Gasteiger partial charge in [-0.1, -0.05) is 0 Å². The highest BCUT2D eigenvalue weighted by Gasteiger charge is 2.11. The molecule has 6 nitrogen and oxygen atoms in total. The Labute approximate surface area is 164 Å². The second-order valence-electron chi connectivity index (χ2n) is 6.12. The molecule has 0 fully saturated rings. The zero-order valence-corrected chi connectivity index (χ0v) is 16.4. The molecule has 1 aromatic heterocycles. The molecule has 3 rings (SSSR count). The van der Waals surface area contributed by atoms with Crippen molar-refractivity contribution in [1.82, 2.24) is 0 Å². The Hall–Kier alpha value is -2.99. The largest absolute Gasteiger partial charge is 0.494 e. The van der Waals surface area contributed by atoms with E-state index in [1.54, 1.807) is 14.2 Å². The molecule has 0 aliphatic carbocycles. The second kappa shape index (κ2) is 9.28. The Morgan fingerprint density at radius 2 is 1.82 bits per heavy atom. The van der Waals surface area contributed by atoms with Crippen LogP contribution in [0.2, 0.25) is 0 Å². The Bertz CT molecular complexity index is 1010. The Balaban J connectivity index is 2.16. The maximum absolute atomic E-state index is 9.09. The van der Waals surface area contributed by atoms with E-state index in [9.17, 15) is 0 Å². The van der Waals surface area contributed by atoms with Crippen LogP contribution in [0.25, 0.3) is 22.3 Å². The maximum Gasteiger partial charge on any atom is 0.161 e. The SMILES string of the molecule is CCOc1ccc2oc(-c3ccc(OC)c(OC)c3)cc(=NCCCO)c2c1. The van der Waals surface area contributed by atoms with Crippen molar-refractivity contribution in [2.75, 3.05) is 34.0 Å². The summed E-state index contributed by atoms with van der Waals surface area (Å²) in [6.45, 7) is 3.16. The third kappa shape index (κ3) is 4.28. The van der Waals surface area contributed by atoms with Gasteiger partial charge in [-0.3, -0.25) is 4.99 Å². The zero-order valence-electron chi connectivity index (χ0n) is 16.4. The van der Waals surface area contributed by atoms with Gasteiger partial charge >= 0.3 is 0 Å². The highest BCUT2D eigenvalue weighted by molar-refractivity contribution is 5.80. The third-order valence-corrected chi connectivity index (χ3v) is 4.29. The van der Waals surface area contributed by atoms with E-state index in [4.69, 9.17) is 23.7 Å². The molecular formula is C22H25NO5. The number of hydrogen-bond donors (Lipinski definition) is 1. The van der Waals surface area contributed by atoms with Crippen LogP contribution in [-0.4, -0.2) is 39.1 Å². The molecule has 0 spiro atoms. The number of aliphatic hydroxyl groups is 1. The number of aliphatic hydroxyl groups excluding tert-OH is 1. The maximum atomic E-state index is 9.09. The van der Waals surface area contributed by atoms with Crippen LogP contribution < -0.4 is 19.6 Å². The molecular weight excluding hydrogens is 358 g/mol. The van der Waals surface area contributed by atoms with Crippen molar-refractivity contribution in [1.29, 1.82) is 0 Å². The summed E-state index contributed by atoms with van der Waals surface area (Å²) in [6, 6.07) is 13.2. The lowest BCUT2D eigenvalue weighted by Crippen LogP contribution is -2.06. The summed E-state index contributed by atoms with van der Waals surface area (Å²) in [7, 11) is 3.20. The molecule has 0 aliphatic heterocycles. The molecule has 2 aromatic carbocycles. The number of benzene rings is 2. The van der Waals surface area contributed by atoms with Crippen molar-refractivity contribution < 1.29 is 23.7 Å². The van der Waals surface area contributed by atoms with E-state index in [1.165, 1.54) is 0 Å². The quantitative estimate of drug-likeness (QED) is 0.599. The first-order valence-corrected chi connectivity index (χ1v) is 9.24. The molecule has 0 radical (unpaired) electrons. The van der Waals surface area contributed by atoms with Crippen molar-refractivity contribution in [3.05, 3.63) is 47.8 Å². The summed E-state index contributed by atoms with van der Waals surface area (Å²) in [5, 5.41) is 10.7. The van der Waals surface area contributed by atoms with Gasteiger partial charge in [-0.05, 0) is 49.7 Å². The highest BCUT2D eigenvalue weighted by atomic mass is 16.5. The molecule has 3 aromatic rings. The van der Waals surface area contributed by atoms with Gasteiger partial charge in [-0.25, -0.2) is 0 Å². The average molecular weight is 383 g/mol. The van der Waals surface area contributed by atoms with Gasteiger partial charge in [0, 0.05) is 30.2 Å². The molecule has 0 saturated heterocycles. The smallest absolute Gasteiger partial charge is 0.161 e. The lowest BCUT2D eigenvalue weighted by Gasteiger charge is -2.11. The van der Waals surface area contributed by atoms with Gasteiger partial charge in [0.15, 0.2) is 11.5 Å². The zero-order chi connectivity index (χ0) is 19.9. The fraction of sp³-hybridized carbons (Fsp3) is 0.318. The van der Waals surface area contributed by atoms with E-state index in [0.717, 1.165) is 22.1 Å². The van der Waals surface area contributed by atoms with Crippen molar-refractivity contribution in [2.24, 2.45) is 4.99 Å². The fourth-order valence-corrected chi connectivity index (χ4v) is 2.94. The molecule has 0 aliphatic rings. The summed E-state index contributed by atoms with van der Waals surface area (Å²) >= 11 is 0. The van der Waals surface area contributed by atoms with Crippen molar-refractivity contribution in [3.63, 3.8) is 0 Å². The van der Waals surface area contributed by atoms with Crippen molar-refractivity contribution in [2.45, 2.75) is 13.3 Å². The van der Waals surface area contributed by atoms with E-state index in [1.807, 2.05) is 49.4 Å². The number of rotatable bonds is 8. The van der Waals surface area contributed by atoms with E-state index < -0.39 is 0 Å². The molecule has 0 bridgehead atoms. The topological polar surface area (TPSA) is 73.4 Å². The van der Waals surface area contributed by atoms with Crippen molar-refractivity contribution >= 4 is 11.0 Å². The summed E-state index contributed by atoms with van der Waals surface area (Å²) in [6.07, 6.45) is 0.602. The van der Waals surface area contributed by atoms with E-state index >= 15 is 0 Å². The Kier molecular flexibility index (Phi) is 6.55. The Morgan fingerprint density at radius 1 is 1.00 bits per heavy atom. The van der Waals surface area contributed by atoms with Crippen LogP contribution in [-0.2, 0) is 0 Å².